The summed E-state index contributed by atoms with van der Waals surface area (Å²) in [5, 5.41) is 0. The number of rotatable bonds is 11. The van der Waals surface area contributed by atoms with Crippen LogP contribution in [-0.4, -0.2) is 32.1 Å². The first-order chi connectivity index (χ1) is 10.7. The van der Waals surface area contributed by atoms with Crippen LogP contribution < -0.4 is 0 Å². The average molecular weight is 305 g/mol. The molecule has 22 heavy (non-hydrogen) atoms. The van der Waals surface area contributed by atoms with E-state index in [1.807, 2.05) is 12.4 Å². The van der Waals surface area contributed by atoms with Crippen molar-refractivity contribution in [2.75, 3.05) is 19.8 Å². The molecule has 1 aromatic carbocycles. The highest BCUT2D eigenvalue weighted by atomic mass is 16.6. The first kappa shape index (κ1) is 18.4. The van der Waals surface area contributed by atoms with E-state index in [0.29, 0.717) is 18.8 Å². The largest absolute Gasteiger partial charge is 0.460 e. The Bertz CT molecular complexity index is 468. The standard InChI is InChI=1S/C18H25O4/c1-3-5-8-15-9-7-10-16(17(15)14-19)18(20)22-13-12-21-11-6-4-2/h7,9-10H,3-6,8,11-13H2,1-2H3. The van der Waals surface area contributed by atoms with Gasteiger partial charge in [-0.05, 0) is 30.9 Å². The van der Waals surface area contributed by atoms with Crippen molar-refractivity contribution >= 4 is 12.3 Å². The number of unbranched alkanes of at least 4 members (excludes halogenated alkanes) is 2. The van der Waals surface area contributed by atoms with E-state index in [-0.39, 0.29) is 12.2 Å². The van der Waals surface area contributed by atoms with Crippen LogP contribution in [0.4, 0.5) is 0 Å². The van der Waals surface area contributed by atoms with Crippen molar-refractivity contribution in [2.45, 2.75) is 46.0 Å². The molecule has 0 amide bonds. The lowest BCUT2D eigenvalue weighted by Gasteiger charge is -2.10. The van der Waals surface area contributed by atoms with Crippen molar-refractivity contribution in [3.63, 3.8) is 0 Å². The van der Waals surface area contributed by atoms with Gasteiger partial charge in [0.1, 0.15) is 6.61 Å². The zero-order chi connectivity index (χ0) is 16.2. The van der Waals surface area contributed by atoms with Gasteiger partial charge in [-0.25, -0.2) is 4.79 Å². The Morgan fingerprint density at radius 3 is 2.55 bits per heavy atom. The monoisotopic (exact) mass is 305 g/mol. The van der Waals surface area contributed by atoms with Gasteiger partial charge < -0.3 is 9.47 Å². The Labute approximate surface area is 132 Å². The zero-order valence-electron chi connectivity index (χ0n) is 13.5. The van der Waals surface area contributed by atoms with Gasteiger partial charge in [-0.15, -0.1) is 0 Å². The summed E-state index contributed by atoms with van der Waals surface area (Å²) in [5.74, 6) is -0.490. The molecule has 1 rings (SSSR count). The second-order valence-electron chi connectivity index (χ2n) is 5.15. The Kier molecular flexibility index (Phi) is 9.15. The fourth-order valence-corrected chi connectivity index (χ4v) is 2.09. The van der Waals surface area contributed by atoms with Crippen LogP contribution in [0.15, 0.2) is 18.2 Å². The lowest BCUT2D eigenvalue weighted by Crippen LogP contribution is -2.14. The average Bonchev–Trinajstić information content (AvgIpc) is 2.55. The zero-order valence-corrected chi connectivity index (χ0v) is 13.5. The van der Waals surface area contributed by atoms with Gasteiger partial charge in [0.15, 0.2) is 0 Å². The molecule has 4 nitrogen and oxygen atoms in total. The van der Waals surface area contributed by atoms with Crippen LogP contribution in [0.1, 0.15) is 61.0 Å². The van der Waals surface area contributed by atoms with E-state index < -0.39 is 5.97 Å². The summed E-state index contributed by atoms with van der Waals surface area (Å²) < 4.78 is 10.5. The fraction of sp³-hybridized carbons (Fsp3) is 0.556. The third-order valence-electron chi connectivity index (χ3n) is 3.38. The Morgan fingerprint density at radius 1 is 1.09 bits per heavy atom. The molecular weight excluding hydrogens is 280 g/mol. The maximum atomic E-state index is 12.1. The van der Waals surface area contributed by atoms with Gasteiger partial charge >= 0.3 is 5.97 Å². The predicted molar refractivity (Wildman–Crippen MR) is 85.9 cm³/mol. The second kappa shape index (κ2) is 11.0. The van der Waals surface area contributed by atoms with Crippen molar-refractivity contribution in [2.24, 2.45) is 0 Å². The third kappa shape index (κ3) is 5.98. The van der Waals surface area contributed by atoms with Gasteiger partial charge in [0.25, 0.3) is 0 Å². The molecule has 1 aromatic rings. The number of carbonyl (C=O) groups is 1. The maximum absolute atomic E-state index is 12.1. The minimum atomic E-state index is -0.490. The number of hydrogen-bond donors (Lipinski definition) is 0. The summed E-state index contributed by atoms with van der Waals surface area (Å²) in [7, 11) is 0. The van der Waals surface area contributed by atoms with Gasteiger partial charge in [0.05, 0.1) is 12.2 Å². The quantitative estimate of drug-likeness (QED) is 0.464. The van der Waals surface area contributed by atoms with Crippen molar-refractivity contribution in [3.05, 3.63) is 34.9 Å². The number of esters is 1. The molecule has 0 aliphatic carbocycles. The number of aryl methyl sites for hydroxylation is 1. The van der Waals surface area contributed by atoms with Gasteiger partial charge in [0, 0.05) is 12.2 Å². The van der Waals surface area contributed by atoms with Crippen LogP contribution in [0.5, 0.6) is 0 Å². The summed E-state index contributed by atoms with van der Waals surface area (Å²) in [6.07, 6.45) is 6.73. The first-order valence-corrected chi connectivity index (χ1v) is 7.99. The molecule has 0 N–H and O–H groups in total. The lowest BCUT2D eigenvalue weighted by molar-refractivity contribution is 0.0313. The second-order valence-corrected chi connectivity index (χ2v) is 5.15. The molecule has 0 bridgehead atoms. The molecule has 0 fully saturated rings. The first-order valence-electron chi connectivity index (χ1n) is 7.99. The van der Waals surface area contributed by atoms with Crippen LogP contribution in [0, 0.1) is 0 Å². The maximum Gasteiger partial charge on any atom is 0.338 e. The lowest BCUT2D eigenvalue weighted by atomic mass is 9.98. The van der Waals surface area contributed by atoms with E-state index in [1.54, 1.807) is 12.1 Å². The predicted octanol–water partition coefficient (Wildman–Crippen LogP) is 3.46. The van der Waals surface area contributed by atoms with E-state index >= 15 is 0 Å². The van der Waals surface area contributed by atoms with Gasteiger partial charge in [-0.2, -0.15) is 0 Å². The van der Waals surface area contributed by atoms with Gasteiger partial charge in [0.2, 0.25) is 6.29 Å². The minimum absolute atomic E-state index is 0.194. The molecule has 0 atom stereocenters. The SMILES string of the molecule is CCCCOCCOC(=O)c1cccc(CCCC)c1[C]=O. The highest BCUT2D eigenvalue weighted by molar-refractivity contribution is 5.99. The number of carbonyl (C=O) groups excluding carboxylic acids is 2. The van der Waals surface area contributed by atoms with E-state index in [9.17, 15) is 9.59 Å². The Balaban J connectivity index is 2.58. The summed E-state index contributed by atoms with van der Waals surface area (Å²) in [5.41, 5.74) is 1.47. The topological polar surface area (TPSA) is 52.6 Å². The molecule has 0 saturated heterocycles. The van der Waals surface area contributed by atoms with Crippen LogP contribution in [0.25, 0.3) is 0 Å². The smallest absolute Gasteiger partial charge is 0.338 e. The van der Waals surface area contributed by atoms with Crippen LogP contribution in [0.3, 0.4) is 0 Å². The Morgan fingerprint density at radius 2 is 1.86 bits per heavy atom. The van der Waals surface area contributed by atoms with Crippen molar-refractivity contribution in [3.8, 4) is 0 Å². The fourth-order valence-electron chi connectivity index (χ4n) is 2.09. The summed E-state index contributed by atoms with van der Waals surface area (Å²) in [6, 6.07) is 5.25. The molecule has 0 saturated carbocycles. The number of benzene rings is 1. The van der Waals surface area contributed by atoms with Gasteiger partial charge in [-0.1, -0.05) is 38.8 Å². The number of ether oxygens (including phenoxy) is 2. The Hall–Kier alpha value is -1.68. The van der Waals surface area contributed by atoms with Crippen molar-refractivity contribution in [1.29, 1.82) is 0 Å². The van der Waals surface area contributed by atoms with E-state index in [1.165, 1.54) is 0 Å². The number of hydrogen-bond acceptors (Lipinski definition) is 4. The normalized spacial score (nSPS) is 10.5. The van der Waals surface area contributed by atoms with E-state index in [2.05, 4.69) is 13.8 Å². The molecule has 0 aromatic heterocycles. The molecule has 4 heteroatoms. The van der Waals surface area contributed by atoms with Gasteiger partial charge in [-0.3, -0.25) is 4.79 Å². The van der Waals surface area contributed by atoms with Crippen molar-refractivity contribution < 1.29 is 19.1 Å². The molecule has 0 aliphatic rings. The molecule has 0 unspecified atom stereocenters. The summed E-state index contributed by atoms with van der Waals surface area (Å²) in [6.45, 7) is 5.42. The van der Waals surface area contributed by atoms with Crippen LogP contribution in [-0.2, 0) is 20.7 Å². The molecular formula is C18H25O4. The minimum Gasteiger partial charge on any atom is -0.460 e. The molecule has 121 valence electrons. The third-order valence-corrected chi connectivity index (χ3v) is 3.38. The van der Waals surface area contributed by atoms with Crippen LogP contribution >= 0.6 is 0 Å². The molecule has 0 heterocycles. The highest BCUT2D eigenvalue weighted by Crippen LogP contribution is 2.16. The summed E-state index contributed by atoms with van der Waals surface area (Å²) >= 11 is 0. The molecule has 0 aliphatic heterocycles. The molecule has 1 radical (unpaired) electrons. The highest BCUT2D eigenvalue weighted by Gasteiger charge is 2.16. The molecule has 0 spiro atoms. The summed E-state index contributed by atoms with van der Waals surface area (Å²) in [4.78, 5) is 23.3. The van der Waals surface area contributed by atoms with E-state index in [4.69, 9.17) is 9.47 Å². The van der Waals surface area contributed by atoms with Crippen molar-refractivity contribution in [1.82, 2.24) is 0 Å². The van der Waals surface area contributed by atoms with E-state index in [0.717, 1.165) is 37.7 Å². The van der Waals surface area contributed by atoms with Crippen LogP contribution in [0.2, 0.25) is 0 Å².